The summed E-state index contributed by atoms with van der Waals surface area (Å²) < 4.78 is 13.0. The van der Waals surface area contributed by atoms with Crippen molar-refractivity contribution in [3.05, 3.63) is 58.6 Å². The standard InChI is InChI=1S/C13H10ClFN2O2/c14-12-11(5-9(15)6-16-12)13(19)17-10-3-1-8(7-18)2-4-10/h1-6,18H,7H2,(H,17,19). The Bertz CT molecular complexity index is 602. The highest BCUT2D eigenvalue weighted by atomic mass is 35.5. The van der Waals surface area contributed by atoms with Crippen molar-refractivity contribution < 1.29 is 14.3 Å². The minimum absolute atomic E-state index is 0.0344. The van der Waals surface area contributed by atoms with Gasteiger partial charge in [-0.3, -0.25) is 4.79 Å². The normalized spacial score (nSPS) is 10.3. The first-order chi connectivity index (χ1) is 9.10. The third kappa shape index (κ3) is 3.27. The highest BCUT2D eigenvalue weighted by Gasteiger charge is 2.12. The molecule has 98 valence electrons. The van der Waals surface area contributed by atoms with Gasteiger partial charge in [0.15, 0.2) is 0 Å². The number of carbonyl (C=O) groups excluding carboxylic acids is 1. The van der Waals surface area contributed by atoms with Crippen LogP contribution in [0.15, 0.2) is 36.5 Å². The summed E-state index contributed by atoms with van der Waals surface area (Å²) in [7, 11) is 0. The Hall–Kier alpha value is -1.98. The van der Waals surface area contributed by atoms with Crippen LogP contribution in [-0.4, -0.2) is 16.0 Å². The van der Waals surface area contributed by atoms with Crippen LogP contribution in [0.3, 0.4) is 0 Å². The smallest absolute Gasteiger partial charge is 0.258 e. The van der Waals surface area contributed by atoms with Gasteiger partial charge in [-0.05, 0) is 23.8 Å². The molecule has 0 atom stereocenters. The molecule has 1 heterocycles. The van der Waals surface area contributed by atoms with Gasteiger partial charge in [0.25, 0.3) is 5.91 Å². The van der Waals surface area contributed by atoms with Crippen molar-refractivity contribution in [3.8, 4) is 0 Å². The molecule has 1 aromatic carbocycles. The van der Waals surface area contributed by atoms with Crippen LogP contribution in [0.2, 0.25) is 5.15 Å². The molecule has 0 unspecified atom stereocenters. The largest absolute Gasteiger partial charge is 0.392 e. The molecule has 0 aliphatic carbocycles. The topological polar surface area (TPSA) is 62.2 Å². The van der Waals surface area contributed by atoms with E-state index in [9.17, 15) is 9.18 Å². The lowest BCUT2D eigenvalue weighted by atomic mass is 10.2. The Morgan fingerprint density at radius 1 is 1.37 bits per heavy atom. The van der Waals surface area contributed by atoms with Crippen molar-refractivity contribution >= 4 is 23.2 Å². The van der Waals surface area contributed by atoms with Crippen molar-refractivity contribution in [2.24, 2.45) is 0 Å². The number of aliphatic hydroxyl groups excluding tert-OH is 1. The summed E-state index contributed by atoms with van der Waals surface area (Å²) in [6, 6.07) is 7.61. The number of halogens is 2. The molecule has 19 heavy (non-hydrogen) atoms. The van der Waals surface area contributed by atoms with Crippen LogP contribution in [0, 0.1) is 5.82 Å². The van der Waals surface area contributed by atoms with Crippen molar-refractivity contribution in [1.82, 2.24) is 4.98 Å². The van der Waals surface area contributed by atoms with Gasteiger partial charge < -0.3 is 10.4 Å². The van der Waals surface area contributed by atoms with Crippen LogP contribution in [0.25, 0.3) is 0 Å². The van der Waals surface area contributed by atoms with Gasteiger partial charge in [-0.15, -0.1) is 0 Å². The highest BCUT2D eigenvalue weighted by Crippen LogP contribution is 2.16. The molecular formula is C13H10ClFN2O2. The van der Waals surface area contributed by atoms with Gasteiger partial charge in [0.05, 0.1) is 18.4 Å². The molecule has 0 saturated carbocycles. The van der Waals surface area contributed by atoms with E-state index in [-0.39, 0.29) is 17.3 Å². The van der Waals surface area contributed by atoms with E-state index in [1.54, 1.807) is 24.3 Å². The second kappa shape index (κ2) is 5.77. The zero-order valence-corrected chi connectivity index (χ0v) is 10.5. The molecule has 1 amide bonds. The predicted octanol–water partition coefficient (Wildman–Crippen LogP) is 2.62. The van der Waals surface area contributed by atoms with Gasteiger partial charge in [-0.25, -0.2) is 9.37 Å². The number of nitrogens with one attached hydrogen (secondary N) is 1. The van der Waals surface area contributed by atoms with Crippen LogP contribution in [0.1, 0.15) is 15.9 Å². The number of pyridine rings is 1. The van der Waals surface area contributed by atoms with Crippen molar-refractivity contribution in [2.75, 3.05) is 5.32 Å². The number of rotatable bonds is 3. The number of aliphatic hydroxyl groups is 1. The minimum atomic E-state index is -0.634. The zero-order valence-electron chi connectivity index (χ0n) is 9.73. The number of anilines is 1. The first-order valence-electron chi connectivity index (χ1n) is 5.42. The SMILES string of the molecule is O=C(Nc1ccc(CO)cc1)c1cc(F)cnc1Cl. The average Bonchev–Trinajstić information content (AvgIpc) is 2.42. The van der Waals surface area contributed by atoms with Crippen molar-refractivity contribution in [3.63, 3.8) is 0 Å². The van der Waals surface area contributed by atoms with Crippen LogP contribution in [0.5, 0.6) is 0 Å². The fourth-order valence-electron chi connectivity index (χ4n) is 1.47. The lowest BCUT2D eigenvalue weighted by Crippen LogP contribution is -2.13. The van der Waals surface area contributed by atoms with E-state index < -0.39 is 11.7 Å². The summed E-state index contributed by atoms with van der Waals surface area (Å²) in [6.07, 6.45) is 0.940. The summed E-state index contributed by atoms with van der Waals surface area (Å²) in [5.74, 6) is -1.18. The van der Waals surface area contributed by atoms with Crippen LogP contribution >= 0.6 is 11.6 Å². The predicted molar refractivity (Wildman–Crippen MR) is 69.5 cm³/mol. The molecule has 0 saturated heterocycles. The molecule has 0 fully saturated rings. The van der Waals surface area contributed by atoms with Crippen molar-refractivity contribution in [1.29, 1.82) is 0 Å². The Balaban J connectivity index is 2.18. The zero-order chi connectivity index (χ0) is 13.8. The molecular weight excluding hydrogens is 271 g/mol. The van der Waals surface area contributed by atoms with Gasteiger partial charge >= 0.3 is 0 Å². The summed E-state index contributed by atoms with van der Waals surface area (Å²) in [6.45, 7) is -0.0755. The molecule has 0 aliphatic rings. The molecule has 2 aromatic rings. The van der Waals surface area contributed by atoms with E-state index in [1.807, 2.05) is 0 Å². The third-order valence-electron chi connectivity index (χ3n) is 2.44. The summed E-state index contributed by atoms with van der Waals surface area (Å²) >= 11 is 5.73. The maximum absolute atomic E-state index is 13.0. The fourth-order valence-corrected chi connectivity index (χ4v) is 1.66. The Morgan fingerprint density at radius 3 is 2.68 bits per heavy atom. The van der Waals surface area contributed by atoms with E-state index in [0.717, 1.165) is 17.8 Å². The van der Waals surface area contributed by atoms with E-state index in [1.165, 1.54) is 0 Å². The molecule has 2 N–H and O–H groups in total. The van der Waals surface area contributed by atoms with E-state index in [4.69, 9.17) is 16.7 Å². The van der Waals surface area contributed by atoms with Gasteiger partial charge in [0.1, 0.15) is 11.0 Å². The number of hydrogen-bond donors (Lipinski definition) is 2. The Labute approximate surface area is 113 Å². The second-order valence-electron chi connectivity index (χ2n) is 3.80. The van der Waals surface area contributed by atoms with E-state index >= 15 is 0 Å². The maximum atomic E-state index is 13.0. The molecule has 0 spiro atoms. The summed E-state index contributed by atoms with van der Waals surface area (Å²) in [5, 5.41) is 11.4. The quantitative estimate of drug-likeness (QED) is 0.850. The number of hydrogen-bond acceptors (Lipinski definition) is 3. The monoisotopic (exact) mass is 280 g/mol. The summed E-state index contributed by atoms with van der Waals surface area (Å²) in [4.78, 5) is 15.5. The second-order valence-corrected chi connectivity index (χ2v) is 4.16. The third-order valence-corrected chi connectivity index (χ3v) is 2.75. The number of amides is 1. The Kier molecular flexibility index (Phi) is 4.09. The van der Waals surface area contributed by atoms with Crippen molar-refractivity contribution in [2.45, 2.75) is 6.61 Å². The molecule has 1 aromatic heterocycles. The van der Waals surface area contributed by atoms with Gasteiger partial charge in [0.2, 0.25) is 0 Å². The average molecular weight is 281 g/mol. The van der Waals surface area contributed by atoms with Gasteiger partial charge in [-0.2, -0.15) is 0 Å². The highest BCUT2D eigenvalue weighted by molar-refractivity contribution is 6.33. The lowest BCUT2D eigenvalue weighted by Gasteiger charge is -2.07. The summed E-state index contributed by atoms with van der Waals surface area (Å²) in [5.41, 5.74) is 1.21. The van der Waals surface area contributed by atoms with Gasteiger partial charge in [0, 0.05) is 5.69 Å². The molecule has 0 bridgehead atoms. The number of benzene rings is 1. The Morgan fingerprint density at radius 2 is 2.05 bits per heavy atom. The van der Waals surface area contributed by atoms with E-state index in [2.05, 4.69) is 10.3 Å². The van der Waals surface area contributed by atoms with Gasteiger partial charge in [-0.1, -0.05) is 23.7 Å². The fraction of sp³-hybridized carbons (Fsp3) is 0.0769. The van der Waals surface area contributed by atoms with Crippen LogP contribution in [0.4, 0.5) is 10.1 Å². The molecule has 0 radical (unpaired) electrons. The number of aromatic nitrogens is 1. The molecule has 0 aliphatic heterocycles. The van der Waals surface area contributed by atoms with Crippen LogP contribution in [-0.2, 0) is 6.61 Å². The van der Waals surface area contributed by atoms with Crippen LogP contribution < -0.4 is 5.32 Å². The number of carbonyl (C=O) groups is 1. The molecule has 4 nitrogen and oxygen atoms in total. The maximum Gasteiger partial charge on any atom is 0.258 e. The lowest BCUT2D eigenvalue weighted by molar-refractivity contribution is 0.102. The first-order valence-corrected chi connectivity index (χ1v) is 5.80. The van der Waals surface area contributed by atoms with E-state index in [0.29, 0.717) is 5.69 Å². The molecule has 6 heteroatoms. The minimum Gasteiger partial charge on any atom is -0.392 e. The number of nitrogens with zero attached hydrogens (tertiary/aromatic N) is 1. The first kappa shape index (κ1) is 13.5. The molecule has 2 rings (SSSR count).